The summed E-state index contributed by atoms with van der Waals surface area (Å²) in [5, 5.41) is 20.9. The predicted molar refractivity (Wildman–Crippen MR) is 77.0 cm³/mol. The second kappa shape index (κ2) is 5.21. The van der Waals surface area contributed by atoms with E-state index in [1.807, 2.05) is 0 Å². The molecular formula is C15H10N2O5. The van der Waals surface area contributed by atoms with E-state index in [0.29, 0.717) is 16.7 Å². The van der Waals surface area contributed by atoms with Crippen molar-refractivity contribution in [2.24, 2.45) is 0 Å². The van der Waals surface area contributed by atoms with E-state index in [1.54, 1.807) is 18.2 Å². The fourth-order valence-electron chi connectivity index (χ4n) is 1.99. The van der Waals surface area contributed by atoms with Gasteiger partial charge in [0, 0.05) is 11.3 Å². The number of fused-ring (bicyclic) bond motifs is 1. The van der Waals surface area contributed by atoms with E-state index in [0.717, 1.165) is 0 Å². The van der Waals surface area contributed by atoms with Crippen molar-refractivity contribution < 1.29 is 24.2 Å². The van der Waals surface area contributed by atoms with Crippen molar-refractivity contribution in [2.45, 2.75) is 0 Å². The number of oxazole rings is 1. The zero-order valence-corrected chi connectivity index (χ0v) is 11.1. The number of benzene rings is 2. The van der Waals surface area contributed by atoms with Crippen LogP contribution in [0.1, 0.15) is 20.7 Å². The van der Waals surface area contributed by atoms with E-state index in [-0.39, 0.29) is 17.0 Å². The Hall–Kier alpha value is -3.35. The van der Waals surface area contributed by atoms with Crippen LogP contribution in [0.25, 0.3) is 11.1 Å². The number of aromatic nitrogens is 1. The van der Waals surface area contributed by atoms with Gasteiger partial charge in [-0.25, -0.2) is 9.78 Å². The Balaban J connectivity index is 1.87. The van der Waals surface area contributed by atoms with Crippen molar-refractivity contribution >= 4 is 28.7 Å². The molecular weight excluding hydrogens is 288 g/mol. The molecule has 0 aliphatic rings. The molecule has 3 N–H and O–H groups in total. The molecule has 3 rings (SSSR count). The highest BCUT2D eigenvalue weighted by atomic mass is 16.4. The monoisotopic (exact) mass is 298 g/mol. The molecule has 3 aromatic rings. The van der Waals surface area contributed by atoms with E-state index in [1.165, 1.54) is 24.6 Å². The average molecular weight is 298 g/mol. The Bertz CT molecular complexity index is 885. The SMILES string of the molecule is O=C(Nc1ccc(O)c(C(=O)O)c1)c1ccc2ocnc2c1. The summed E-state index contributed by atoms with van der Waals surface area (Å²) < 4.78 is 5.09. The number of carbonyl (C=O) groups excluding carboxylic acids is 1. The first-order valence-electron chi connectivity index (χ1n) is 6.25. The van der Waals surface area contributed by atoms with Gasteiger partial charge in [-0.05, 0) is 36.4 Å². The molecule has 0 aliphatic heterocycles. The maximum absolute atomic E-state index is 12.2. The highest BCUT2D eigenvalue weighted by Crippen LogP contribution is 2.22. The van der Waals surface area contributed by atoms with Crippen molar-refractivity contribution in [3.8, 4) is 5.75 Å². The Morgan fingerprint density at radius 3 is 2.73 bits per heavy atom. The van der Waals surface area contributed by atoms with E-state index >= 15 is 0 Å². The van der Waals surface area contributed by atoms with Crippen molar-refractivity contribution in [1.82, 2.24) is 4.98 Å². The molecule has 7 nitrogen and oxygen atoms in total. The molecule has 0 fully saturated rings. The first-order chi connectivity index (χ1) is 10.5. The van der Waals surface area contributed by atoms with Gasteiger partial charge < -0.3 is 19.9 Å². The van der Waals surface area contributed by atoms with Crippen molar-refractivity contribution in [3.05, 3.63) is 53.9 Å². The summed E-state index contributed by atoms with van der Waals surface area (Å²) in [6.07, 6.45) is 1.28. The zero-order chi connectivity index (χ0) is 15.7. The maximum Gasteiger partial charge on any atom is 0.339 e. The topological polar surface area (TPSA) is 113 Å². The van der Waals surface area contributed by atoms with Crippen molar-refractivity contribution in [2.75, 3.05) is 5.32 Å². The standard InChI is InChI=1S/C15H10N2O5/c18-12-3-2-9(6-10(12)15(20)21)17-14(19)8-1-4-13-11(5-8)16-7-22-13/h1-7,18H,(H,17,19)(H,20,21). The number of rotatable bonds is 3. The molecule has 7 heteroatoms. The van der Waals surface area contributed by atoms with E-state index in [2.05, 4.69) is 10.3 Å². The van der Waals surface area contributed by atoms with Crippen LogP contribution in [0.15, 0.2) is 47.2 Å². The Kier molecular flexibility index (Phi) is 3.23. The van der Waals surface area contributed by atoms with Gasteiger partial charge in [-0.2, -0.15) is 0 Å². The number of hydrogen-bond acceptors (Lipinski definition) is 5. The molecule has 0 saturated carbocycles. The number of amides is 1. The number of carbonyl (C=O) groups is 2. The van der Waals surface area contributed by atoms with Gasteiger partial charge in [0.15, 0.2) is 12.0 Å². The van der Waals surface area contributed by atoms with Gasteiger partial charge in [-0.1, -0.05) is 0 Å². The fraction of sp³-hybridized carbons (Fsp3) is 0. The van der Waals surface area contributed by atoms with Gasteiger partial charge in [0.05, 0.1) is 0 Å². The van der Waals surface area contributed by atoms with Crippen LogP contribution >= 0.6 is 0 Å². The summed E-state index contributed by atoms with van der Waals surface area (Å²) in [5.41, 5.74) is 1.44. The molecule has 1 heterocycles. The minimum Gasteiger partial charge on any atom is -0.507 e. The van der Waals surface area contributed by atoms with Gasteiger partial charge in [0.1, 0.15) is 16.8 Å². The third-order valence-electron chi connectivity index (χ3n) is 3.08. The molecule has 0 spiro atoms. The Morgan fingerprint density at radius 2 is 1.95 bits per heavy atom. The van der Waals surface area contributed by atoms with Crippen LogP contribution in [0.2, 0.25) is 0 Å². The number of aromatic hydroxyl groups is 1. The largest absolute Gasteiger partial charge is 0.507 e. The van der Waals surface area contributed by atoms with Crippen LogP contribution in [0.3, 0.4) is 0 Å². The molecule has 0 saturated heterocycles. The third kappa shape index (κ3) is 2.47. The zero-order valence-electron chi connectivity index (χ0n) is 11.1. The third-order valence-corrected chi connectivity index (χ3v) is 3.08. The molecule has 1 aromatic heterocycles. The fourth-order valence-corrected chi connectivity index (χ4v) is 1.99. The van der Waals surface area contributed by atoms with Gasteiger partial charge >= 0.3 is 5.97 Å². The van der Waals surface area contributed by atoms with Crippen LogP contribution in [0.5, 0.6) is 5.75 Å². The lowest BCUT2D eigenvalue weighted by Gasteiger charge is -2.07. The lowest BCUT2D eigenvalue weighted by Crippen LogP contribution is -2.12. The first-order valence-corrected chi connectivity index (χ1v) is 6.25. The summed E-state index contributed by atoms with van der Waals surface area (Å²) in [7, 11) is 0. The lowest BCUT2D eigenvalue weighted by atomic mass is 10.1. The van der Waals surface area contributed by atoms with Crippen LogP contribution < -0.4 is 5.32 Å². The van der Waals surface area contributed by atoms with Gasteiger partial charge in [0.25, 0.3) is 5.91 Å². The second-order valence-corrected chi connectivity index (χ2v) is 4.53. The van der Waals surface area contributed by atoms with Crippen LogP contribution in [0.4, 0.5) is 5.69 Å². The van der Waals surface area contributed by atoms with Gasteiger partial charge in [-0.15, -0.1) is 0 Å². The van der Waals surface area contributed by atoms with Gasteiger partial charge in [0.2, 0.25) is 0 Å². The summed E-state index contributed by atoms with van der Waals surface area (Å²) in [6.45, 7) is 0. The minimum atomic E-state index is -1.28. The number of carboxylic acids is 1. The number of aromatic carboxylic acids is 1. The smallest absolute Gasteiger partial charge is 0.339 e. The number of hydrogen-bond donors (Lipinski definition) is 3. The Labute approximate surface area is 123 Å². The van der Waals surface area contributed by atoms with Crippen LogP contribution in [-0.4, -0.2) is 27.1 Å². The van der Waals surface area contributed by atoms with Gasteiger partial charge in [-0.3, -0.25) is 4.79 Å². The molecule has 0 atom stereocenters. The highest BCUT2D eigenvalue weighted by molar-refractivity contribution is 6.06. The highest BCUT2D eigenvalue weighted by Gasteiger charge is 2.13. The molecule has 0 radical (unpaired) electrons. The van der Waals surface area contributed by atoms with Crippen LogP contribution in [-0.2, 0) is 0 Å². The lowest BCUT2D eigenvalue weighted by molar-refractivity contribution is 0.0693. The minimum absolute atomic E-state index is 0.264. The normalized spacial score (nSPS) is 10.5. The van der Waals surface area contributed by atoms with E-state index in [4.69, 9.17) is 9.52 Å². The first kappa shape index (κ1) is 13.6. The number of nitrogens with one attached hydrogen (secondary N) is 1. The predicted octanol–water partition coefficient (Wildman–Crippen LogP) is 2.48. The molecule has 0 aliphatic carbocycles. The average Bonchev–Trinajstić information content (AvgIpc) is 2.96. The number of carboxylic acid groups (broad SMARTS) is 1. The summed E-state index contributed by atoms with van der Waals surface area (Å²) >= 11 is 0. The molecule has 0 bridgehead atoms. The number of nitrogens with zero attached hydrogens (tertiary/aromatic N) is 1. The summed E-state index contributed by atoms with van der Waals surface area (Å²) in [5.74, 6) is -2.07. The number of phenols is 1. The van der Waals surface area contributed by atoms with E-state index in [9.17, 15) is 14.7 Å². The van der Waals surface area contributed by atoms with E-state index < -0.39 is 11.9 Å². The summed E-state index contributed by atoms with van der Waals surface area (Å²) in [4.78, 5) is 27.1. The number of anilines is 1. The second-order valence-electron chi connectivity index (χ2n) is 4.53. The van der Waals surface area contributed by atoms with Crippen LogP contribution in [0, 0.1) is 0 Å². The Morgan fingerprint density at radius 1 is 1.14 bits per heavy atom. The molecule has 22 heavy (non-hydrogen) atoms. The molecule has 2 aromatic carbocycles. The quantitative estimate of drug-likeness (QED) is 0.640. The summed E-state index contributed by atoms with van der Waals surface area (Å²) in [6, 6.07) is 8.56. The molecule has 110 valence electrons. The van der Waals surface area contributed by atoms with Crippen molar-refractivity contribution in [1.29, 1.82) is 0 Å². The molecule has 1 amide bonds. The van der Waals surface area contributed by atoms with Crippen molar-refractivity contribution in [3.63, 3.8) is 0 Å². The molecule has 0 unspecified atom stereocenters. The maximum atomic E-state index is 12.2.